The van der Waals surface area contributed by atoms with Crippen LogP contribution in [0.4, 0.5) is 0 Å². The van der Waals surface area contributed by atoms with Crippen molar-refractivity contribution in [3.8, 4) is 11.8 Å². The average Bonchev–Trinajstić information content (AvgIpc) is 3.24. The Morgan fingerprint density at radius 1 is 1.54 bits per heavy atom. The number of nitrogens with zero attached hydrogens (tertiary/aromatic N) is 2. The molecule has 0 aromatic heterocycles. The Morgan fingerprint density at radius 3 is 3.12 bits per heavy atom. The minimum Gasteiger partial charge on any atom is -0.494 e. The molecule has 1 amide bonds. The smallest absolute Gasteiger partial charge is 0.241 e. The van der Waals surface area contributed by atoms with Gasteiger partial charge in [-0.15, -0.1) is 24.2 Å². The van der Waals surface area contributed by atoms with Crippen molar-refractivity contribution in [3.05, 3.63) is 29.8 Å². The lowest BCUT2D eigenvalue weighted by molar-refractivity contribution is -0.132. The molecule has 0 bridgehead atoms. The molecule has 1 unspecified atom stereocenters. The third-order valence-corrected chi connectivity index (χ3v) is 5.50. The monoisotopic (exact) mass is 367 g/mol. The number of thioether (sulfide) groups is 1. The fourth-order valence-corrected chi connectivity index (χ4v) is 4.33. The SMILES string of the molecule is CCOc1cccc(C2N[C@H](C(=O)N3CCC[C@H]3C#N)CS2)c1.Cl. The normalized spacial score (nSPS) is 25.8. The van der Waals surface area contributed by atoms with Crippen LogP contribution in [0.3, 0.4) is 0 Å². The summed E-state index contributed by atoms with van der Waals surface area (Å²) in [6.07, 6.45) is 1.71. The molecule has 2 heterocycles. The summed E-state index contributed by atoms with van der Waals surface area (Å²) in [6, 6.07) is 9.76. The van der Waals surface area contributed by atoms with E-state index in [9.17, 15) is 4.79 Å². The molecule has 2 saturated heterocycles. The predicted molar refractivity (Wildman–Crippen MR) is 97.3 cm³/mol. The highest BCUT2D eigenvalue weighted by molar-refractivity contribution is 7.99. The van der Waals surface area contributed by atoms with Crippen molar-refractivity contribution < 1.29 is 9.53 Å². The molecule has 3 atom stereocenters. The average molecular weight is 368 g/mol. The Kier molecular flexibility index (Phi) is 6.79. The lowest BCUT2D eigenvalue weighted by Gasteiger charge is -2.23. The summed E-state index contributed by atoms with van der Waals surface area (Å²) in [7, 11) is 0. The van der Waals surface area contributed by atoms with Gasteiger partial charge in [-0.05, 0) is 37.5 Å². The predicted octanol–water partition coefficient (Wildman–Crippen LogP) is 2.73. The van der Waals surface area contributed by atoms with Crippen molar-refractivity contribution in [2.24, 2.45) is 0 Å². The summed E-state index contributed by atoms with van der Waals surface area (Å²) in [5, 5.41) is 12.7. The van der Waals surface area contributed by atoms with Gasteiger partial charge in [-0.1, -0.05) is 12.1 Å². The van der Waals surface area contributed by atoms with E-state index < -0.39 is 0 Å². The fourth-order valence-electron chi connectivity index (χ4n) is 3.11. The molecule has 130 valence electrons. The highest BCUT2D eigenvalue weighted by Gasteiger charge is 2.37. The van der Waals surface area contributed by atoms with Crippen LogP contribution in [-0.4, -0.2) is 41.8 Å². The molecular weight excluding hydrogens is 346 g/mol. The molecule has 3 rings (SSSR count). The number of hydrogen-bond donors (Lipinski definition) is 1. The van der Waals surface area contributed by atoms with Crippen molar-refractivity contribution in [3.63, 3.8) is 0 Å². The molecule has 2 aliphatic rings. The minimum atomic E-state index is -0.255. The number of hydrogen-bond acceptors (Lipinski definition) is 5. The Balaban J connectivity index is 0.00000208. The van der Waals surface area contributed by atoms with E-state index in [-0.39, 0.29) is 35.8 Å². The first-order chi connectivity index (χ1) is 11.2. The topological polar surface area (TPSA) is 65.4 Å². The highest BCUT2D eigenvalue weighted by Crippen LogP contribution is 2.35. The van der Waals surface area contributed by atoms with E-state index in [1.807, 2.05) is 31.2 Å². The molecule has 0 saturated carbocycles. The largest absolute Gasteiger partial charge is 0.494 e. The molecule has 1 aromatic rings. The van der Waals surface area contributed by atoms with Crippen LogP contribution in [-0.2, 0) is 4.79 Å². The Labute approximate surface area is 153 Å². The lowest BCUT2D eigenvalue weighted by Crippen LogP contribution is -2.46. The van der Waals surface area contributed by atoms with Crippen molar-refractivity contribution in [1.82, 2.24) is 10.2 Å². The molecular formula is C17H22ClN3O2S. The molecule has 5 nitrogen and oxygen atoms in total. The number of halogens is 1. The molecule has 1 aromatic carbocycles. The van der Waals surface area contributed by atoms with E-state index in [1.165, 1.54) is 0 Å². The van der Waals surface area contributed by atoms with Crippen molar-refractivity contribution >= 4 is 30.1 Å². The van der Waals surface area contributed by atoms with Crippen LogP contribution in [0.1, 0.15) is 30.7 Å². The van der Waals surface area contributed by atoms with Gasteiger partial charge in [0.1, 0.15) is 11.8 Å². The molecule has 0 spiro atoms. The highest BCUT2D eigenvalue weighted by atomic mass is 35.5. The summed E-state index contributed by atoms with van der Waals surface area (Å²) >= 11 is 1.73. The van der Waals surface area contributed by atoms with Crippen LogP contribution in [0, 0.1) is 11.3 Å². The van der Waals surface area contributed by atoms with Crippen LogP contribution in [0.15, 0.2) is 24.3 Å². The summed E-state index contributed by atoms with van der Waals surface area (Å²) in [4.78, 5) is 14.4. The van der Waals surface area contributed by atoms with Gasteiger partial charge in [-0.3, -0.25) is 10.1 Å². The van der Waals surface area contributed by atoms with Gasteiger partial charge in [0.25, 0.3) is 0 Å². The first-order valence-electron chi connectivity index (χ1n) is 8.03. The summed E-state index contributed by atoms with van der Waals surface area (Å²) < 4.78 is 5.54. The second-order valence-corrected chi connectivity index (χ2v) is 6.89. The van der Waals surface area contributed by atoms with Gasteiger partial charge in [-0.2, -0.15) is 5.26 Å². The number of nitrogens with one attached hydrogen (secondary N) is 1. The minimum absolute atomic E-state index is 0. The summed E-state index contributed by atoms with van der Waals surface area (Å²) in [5.41, 5.74) is 1.12. The number of carbonyl (C=O) groups excluding carboxylic acids is 1. The molecule has 2 aliphatic heterocycles. The zero-order valence-corrected chi connectivity index (χ0v) is 15.2. The van der Waals surface area contributed by atoms with E-state index in [2.05, 4.69) is 11.4 Å². The first kappa shape index (κ1) is 18.9. The summed E-state index contributed by atoms with van der Waals surface area (Å²) in [6.45, 7) is 3.30. The number of rotatable bonds is 4. The van der Waals surface area contributed by atoms with Crippen LogP contribution < -0.4 is 10.1 Å². The van der Waals surface area contributed by atoms with Gasteiger partial charge < -0.3 is 9.64 Å². The second kappa shape index (κ2) is 8.61. The van der Waals surface area contributed by atoms with Gasteiger partial charge in [0.15, 0.2) is 0 Å². The maximum atomic E-state index is 12.6. The maximum absolute atomic E-state index is 12.6. The van der Waals surface area contributed by atoms with Gasteiger partial charge in [0.05, 0.1) is 24.1 Å². The number of amides is 1. The molecule has 2 fully saturated rings. The van der Waals surface area contributed by atoms with Gasteiger partial charge >= 0.3 is 0 Å². The standard InChI is InChI=1S/C17H21N3O2S.ClH/c1-2-22-14-7-3-5-12(9-14)16-19-15(11-23-16)17(21)20-8-4-6-13(20)10-18;/h3,5,7,9,13,15-16,19H,2,4,6,8,11H2,1H3;1H/t13-,15-,16?;/m0./s1. The quantitative estimate of drug-likeness (QED) is 0.886. The molecule has 0 aliphatic carbocycles. The van der Waals surface area contributed by atoms with Crippen LogP contribution >= 0.6 is 24.2 Å². The third-order valence-electron chi connectivity index (χ3n) is 4.24. The van der Waals surface area contributed by atoms with E-state index >= 15 is 0 Å². The Morgan fingerprint density at radius 2 is 2.38 bits per heavy atom. The molecule has 7 heteroatoms. The van der Waals surface area contributed by atoms with Crippen LogP contribution in [0.5, 0.6) is 5.75 Å². The lowest BCUT2D eigenvalue weighted by atomic mass is 10.2. The zero-order chi connectivity index (χ0) is 16.2. The maximum Gasteiger partial charge on any atom is 0.241 e. The van der Waals surface area contributed by atoms with E-state index in [1.54, 1.807) is 16.7 Å². The van der Waals surface area contributed by atoms with Gasteiger partial charge in [0, 0.05) is 12.3 Å². The van der Waals surface area contributed by atoms with Crippen molar-refractivity contribution in [2.45, 2.75) is 37.2 Å². The summed E-state index contributed by atoms with van der Waals surface area (Å²) in [5.74, 6) is 1.65. The van der Waals surface area contributed by atoms with Gasteiger partial charge in [-0.25, -0.2) is 0 Å². The number of likely N-dealkylation sites (tertiary alicyclic amines) is 1. The zero-order valence-electron chi connectivity index (χ0n) is 13.6. The second-order valence-electron chi connectivity index (χ2n) is 5.76. The van der Waals surface area contributed by atoms with Gasteiger partial charge in [0.2, 0.25) is 5.91 Å². The molecule has 0 radical (unpaired) electrons. The van der Waals surface area contributed by atoms with E-state index in [4.69, 9.17) is 10.00 Å². The fraction of sp³-hybridized carbons (Fsp3) is 0.529. The van der Waals surface area contributed by atoms with Crippen molar-refractivity contribution in [2.75, 3.05) is 18.9 Å². The molecule has 1 N–H and O–H groups in total. The number of carbonyl (C=O) groups is 1. The number of benzene rings is 1. The van der Waals surface area contributed by atoms with Crippen LogP contribution in [0.25, 0.3) is 0 Å². The van der Waals surface area contributed by atoms with Crippen LogP contribution in [0.2, 0.25) is 0 Å². The molecule has 24 heavy (non-hydrogen) atoms. The van der Waals surface area contributed by atoms with E-state index in [0.29, 0.717) is 13.2 Å². The number of nitriles is 1. The van der Waals surface area contributed by atoms with Crippen molar-refractivity contribution in [1.29, 1.82) is 5.26 Å². The van der Waals surface area contributed by atoms with E-state index in [0.717, 1.165) is 29.9 Å². The Bertz CT molecular complexity index is 622. The Hall–Kier alpha value is -1.42. The number of ether oxygens (including phenoxy) is 1. The first-order valence-corrected chi connectivity index (χ1v) is 9.08. The third kappa shape index (κ3) is 3.97.